The lowest BCUT2D eigenvalue weighted by molar-refractivity contribution is 0.603. The zero-order valence-corrected chi connectivity index (χ0v) is 20.2. The zero-order chi connectivity index (χ0) is 23.6. The van der Waals surface area contributed by atoms with Crippen molar-refractivity contribution in [1.29, 1.82) is 0 Å². The molecular formula is C33H28O. The van der Waals surface area contributed by atoms with Crippen molar-refractivity contribution >= 4 is 33.9 Å². The summed E-state index contributed by atoms with van der Waals surface area (Å²) in [5, 5.41) is 3.70. The molecule has 166 valence electrons. The number of rotatable bonds is 3. The van der Waals surface area contributed by atoms with Gasteiger partial charge in [0.15, 0.2) is 0 Å². The minimum atomic E-state index is -0.0550. The van der Waals surface area contributed by atoms with Crippen LogP contribution in [0.25, 0.3) is 56.1 Å². The molecule has 0 fully saturated rings. The van der Waals surface area contributed by atoms with Gasteiger partial charge in [0.1, 0.15) is 11.3 Å². The van der Waals surface area contributed by atoms with Crippen molar-refractivity contribution in [2.45, 2.75) is 33.1 Å². The van der Waals surface area contributed by atoms with Gasteiger partial charge in [-0.1, -0.05) is 86.7 Å². The van der Waals surface area contributed by atoms with Gasteiger partial charge in [0, 0.05) is 16.4 Å². The van der Waals surface area contributed by atoms with Crippen molar-refractivity contribution < 1.29 is 4.42 Å². The molecule has 6 rings (SSSR count). The van der Waals surface area contributed by atoms with Crippen molar-refractivity contribution in [2.24, 2.45) is 0 Å². The van der Waals surface area contributed by atoms with E-state index in [9.17, 15) is 0 Å². The van der Waals surface area contributed by atoms with Crippen molar-refractivity contribution in [3.63, 3.8) is 0 Å². The summed E-state index contributed by atoms with van der Waals surface area (Å²) in [6.07, 6.45) is 5.90. The molecule has 34 heavy (non-hydrogen) atoms. The quantitative estimate of drug-likeness (QED) is 0.272. The lowest BCUT2D eigenvalue weighted by Crippen LogP contribution is -2.15. The van der Waals surface area contributed by atoms with Crippen molar-refractivity contribution in [3.8, 4) is 22.3 Å². The average Bonchev–Trinajstić information content (AvgIpc) is 3.29. The molecule has 0 N–H and O–H groups in total. The molecule has 0 saturated carbocycles. The molecule has 0 atom stereocenters. The average molecular weight is 441 g/mol. The summed E-state index contributed by atoms with van der Waals surface area (Å²) in [5.41, 5.74) is 11.2. The van der Waals surface area contributed by atoms with Crippen LogP contribution >= 0.6 is 0 Å². The van der Waals surface area contributed by atoms with Gasteiger partial charge in [0.05, 0.1) is 0 Å². The Morgan fingerprint density at radius 3 is 2.38 bits per heavy atom. The van der Waals surface area contributed by atoms with Crippen LogP contribution in [0.15, 0.2) is 83.8 Å². The van der Waals surface area contributed by atoms with Crippen LogP contribution in [0, 0.1) is 6.92 Å². The first-order valence-electron chi connectivity index (χ1n) is 11.9. The molecule has 0 radical (unpaired) electrons. The fourth-order valence-electron chi connectivity index (χ4n) is 5.72. The van der Waals surface area contributed by atoms with Gasteiger partial charge in [0.25, 0.3) is 0 Å². The highest BCUT2D eigenvalue weighted by Gasteiger charge is 2.37. The molecule has 1 heterocycles. The number of furan rings is 1. The van der Waals surface area contributed by atoms with E-state index in [1.54, 1.807) is 0 Å². The van der Waals surface area contributed by atoms with Crippen LogP contribution in [0.5, 0.6) is 0 Å². The fourth-order valence-corrected chi connectivity index (χ4v) is 5.72. The number of benzene rings is 4. The van der Waals surface area contributed by atoms with Crippen molar-refractivity contribution in [1.82, 2.24) is 0 Å². The highest BCUT2D eigenvalue weighted by molar-refractivity contribution is 6.09. The van der Waals surface area contributed by atoms with Gasteiger partial charge in [-0.15, -0.1) is 0 Å². The summed E-state index contributed by atoms with van der Waals surface area (Å²) in [7, 11) is 0. The largest absolute Gasteiger partial charge is 0.456 e. The Balaban J connectivity index is 1.67. The molecule has 5 aromatic rings. The van der Waals surface area contributed by atoms with Crippen LogP contribution in [-0.4, -0.2) is 0 Å². The zero-order valence-electron chi connectivity index (χ0n) is 20.2. The van der Waals surface area contributed by atoms with Crippen LogP contribution in [0.1, 0.15) is 48.8 Å². The van der Waals surface area contributed by atoms with Gasteiger partial charge in [0.2, 0.25) is 0 Å². The van der Waals surface area contributed by atoms with Crippen molar-refractivity contribution in [3.05, 3.63) is 107 Å². The Hall–Kier alpha value is -3.84. The second-order valence-electron chi connectivity index (χ2n) is 9.86. The number of hydrogen-bond donors (Lipinski definition) is 0. The Morgan fingerprint density at radius 2 is 1.62 bits per heavy atom. The molecule has 1 nitrogen and oxygen atoms in total. The summed E-state index contributed by atoms with van der Waals surface area (Å²) in [6, 6.07) is 24.7. The Bertz CT molecular complexity index is 1660. The van der Waals surface area contributed by atoms with E-state index in [0.29, 0.717) is 0 Å². The molecule has 0 unspecified atom stereocenters. The first kappa shape index (κ1) is 20.7. The molecule has 0 amide bonds. The highest BCUT2D eigenvalue weighted by atomic mass is 16.3. The summed E-state index contributed by atoms with van der Waals surface area (Å²) >= 11 is 0. The minimum Gasteiger partial charge on any atom is -0.456 e. The third kappa shape index (κ3) is 2.80. The van der Waals surface area contributed by atoms with Crippen LogP contribution in [-0.2, 0) is 5.41 Å². The maximum absolute atomic E-state index is 6.11. The predicted molar refractivity (Wildman–Crippen MR) is 146 cm³/mol. The number of fused-ring (bicyclic) bond motifs is 6. The van der Waals surface area contributed by atoms with Gasteiger partial charge in [-0.05, 0) is 82.3 Å². The van der Waals surface area contributed by atoms with Gasteiger partial charge in [-0.25, -0.2) is 0 Å². The van der Waals surface area contributed by atoms with Gasteiger partial charge in [-0.2, -0.15) is 0 Å². The summed E-state index contributed by atoms with van der Waals surface area (Å²) < 4.78 is 6.11. The second-order valence-corrected chi connectivity index (χ2v) is 9.86. The maximum Gasteiger partial charge on any atom is 0.135 e. The van der Waals surface area contributed by atoms with Gasteiger partial charge < -0.3 is 4.42 Å². The SMILES string of the molecule is C=Cc1c(/C=C\C)oc2ccc(-c3cc4c(c5ccccc35)-c3ccc(C)cc3C4(C)C)cc12. The molecule has 0 spiro atoms. The Morgan fingerprint density at radius 1 is 0.824 bits per heavy atom. The number of aryl methyl sites for hydroxylation is 1. The molecule has 1 aliphatic rings. The number of hydrogen-bond acceptors (Lipinski definition) is 1. The van der Waals surface area contributed by atoms with E-state index in [1.165, 1.54) is 49.7 Å². The van der Waals surface area contributed by atoms with E-state index >= 15 is 0 Å². The first-order chi connectivity index (χ1) is 16.4. The third-order valence-electron chi connectivity index (χ3n) is 7.42. The molecule has 0 aliphatic heterocycles. The standard InChI is InChI=1S/C33H28O/c1-6-10-30-22(7-2)27-18-21(14-16-31(27)34-30)26-19-29-32(24-12-9-8-11-23(24)26)25-15-13-20(3)17-28(25)33(29,4)5/h6-19H,2H2,1,3-5H3/b10-6-. The van der Waals surface area contributed by atoms with Gasteiger partial charge >= 0.3 is 0 Å². The third-order valence-corrected chi connectivity index (χ3v) is 7.42. The topological polar surface area (TPSA) is 13.1 Å². The van der Waals surface area contributed by atoms with E-state index in [4.69, 9.17) is 4.42 Å². The van der Waals surface area contributed by atoms with Crippen LogP contribution < -0.4 is 0 Å². The molecule has 4 aromatic carbocycles. The Labute approximate surface area is 201 Å². The fraction of sp³-hybridized carbons (Fsp3) is 0.152. The van der Waals surface area contributed by atoms with Gasteiger partial charge in [-0.3, -0.25) is 0 Å². The normalized spacial score (nSPS) is 14.1. The maximum atomic E-state index is 6.11. The number of allylic oxidation sites excluding steroid dienone is 1. The molecule has 0 bridgehead atoms. The predicted octanol–water partition coefficient (Wildman–Crippen LogP) is 9.54. The van der Waals surface area contributed by atoms with E-state index in [0.717, 1.165) is 22.3 Å². The molecule has 1 aliphatic carbocycles. The summed E-state index contributed by atoms with van der Waals surface area (Å²) in [5.74, 6) is 0.857. The van der Waals surface area contributed by atoms with Crippen LogP contribution in [0.2, 0.25) is 0 Å². The first-order valence-corrected chi connectivity index (χ1v) is 11.9. The molecule has 1 aromatic heterocycles. The smallest absolute Gasteiger partial charge is 0.135 e. The van der Waals surface area contributed by atoms with Crippen LogP contribution in [0.3, 0.4) is 0 Å². The lowest BCUT2D eigenvalue weighted by atomic mass is 9.80. The van der Waals surface area contributed by atoms with E-state index in [-0.39, 0.29) is 5.41 Å². The molecule has 0 saturated heterocycles. The molecular weight excluding hydrogens is 412 g/mol. The van der Waals surface area contributed by atoms with E-state index in [1.807, 2.05) is 25.2 Å². The Kier molecular flexibility index (Phi) is 4.47. The van der Waals surface area contributed by atoms with Crippen molar-refractivity contribution in [2.75, 3.05) is 0 Å². The molecule has 1 heteroatoms. The minimum absolute atomic E-state index is 0.0550. The van der Waals surface area contributed by atoms with E-state index < -0.39 is 0 Å². The summed E-state index contributed by atoms with van der Waals surface area (Å²) in [6.45, 7) is 12.9. The lowest BCUT2D eigenvalue weighted by Gasteiger charge is -2.23. The highest BCUT2D eigenvalue weighted by Crippen LogP contribution is 2.53. The van der Waals surface area contributed by atoms with Crippen LogP contribution in [0.4, 0.5) is 0 Å². The second kappa shape index (κ2) is 7.33. The summed E-state index contributed by atoms with van der Waals surface area (Å²) in [4.78, 5) is 0. The van der Waals surface area contributed by atoms with E-state index in [2.05, 4.69) is 94.1 Å². The monoisotopic (exact) mass is 440 g/mol.